The van der Waals surface area contributed by atoms with Crippen LogP contribution in [-0.2, 0) is 19.8 Å². The second-order valence-electron chi connectivity index (χ2n) is 5.66. The molecule has 21 heavy (non-hydrogen) atoms. The van der Waals surface area contributed by atoms with Gasteiger partial charge in [0, 0.05) is 11.1 Å². The van der Waals surface area contributed by atoms with Gasteiger partial charge in [0.25, 0.3) is 0 Å². The van der Waals surface area contributed by atoms with E-state index in [1.807, 2.05) is 18.2 Å². The zero-order valence-electron chi connectivity index (χ0n) is 11.5. The number of nitrogens with one attached hydrogen (secondary N) is 1. The Kier molecular flexibility index (Phi) is 3.16. The van der Waals surface area contributed by atoms with E-state index in [9.17, 15) is 14.4 Å². The number of carbonyl (C=O) groups excluding carboxylic acids is 2. The van der Waals surface area contributed by atoms with Crippen molar-refractivity contribution in [2.24, 2.45) is 0 Å². The number of carboxylic acids is 1. The number of carbonyl (C=O) groups is 3. The van der Waals surface area contributed by atoms with Gasteiger partial charge in [-0.15, -0.1) is 0 Å². The summed E-state index contributed by atoms with van der Waals surface area (Å²) in [6.45, 7) is 0.0115. The number of piperazine rings is 1. The van der Waals surface area contributed by atoms with Crippen molar-refractivity contribution in [3.05, 3.63) is 29.8 Å². The van der Waals surface area contributed by atoms with Crippen LogP contribution in [0.1, 0.15) is 24.8 Å². The molecule has 2 fully saturated rings. The first-order valence-corrected chi connectivity index (χ1v) is 6.90. The molecule has 1 aromatic carbocycles. The van der Waals surface area contributed by atoms with Crippen LogP contribution in [0.25, 0.3) is 0 Å². The van der Waals surface area contributed by atoms with E-state index < -0.39 is 5.97 Å². The normalized spacial score (nSPS) is 20.1. The molecule has 3 rings (SSSR count). The van der Waals surface area contributed by atoms with E-state index in [1.54, 1.807) is 6.07 Å². The van der Waals surface area contributed by atoms with Crippen molar-refractivity contribution in [2.75, 3.05) is 18.0 Å². The lowest BCUT2D eigenvalue weighted by Crippen LogP contribution is -2.51. The summed E-state index contributed by atoms with van der Waals surface area (Å²) in [5, 5.41) is 11.5. The lowest BCUT2D eigenvalue weighted by molar-refractivity contribution is -0.137. The average Bonchev–Trinajstić information content (AvgIpc) is 3.22. The highest BCUT2D eigenvalue weighted by atomic mass is 16.4. The second-order valence-corrected chi connectivity index (χ2v) is 5.66. The lowest BCUT2D eigenvalue weighted by Gasteiger charge is -2.27. The smallest absolute Gasteiger partial charge is 0.304 e. The van der Waals surface area contributed by atoms with Crippen molar-refractivity contribution in [1.82, 2.24) is 5.32 Å². The SMILES string of the molecule is O=C(O)CC1(c2cccc(N3CC(=O)NCC3=O)c2)CC1. The minimum absolute atomic E-state index is 0.00330. The third kappa shape index (κ3) is 2.61. The molecule has 0 spiro atoms. The molecule has 0 radical (unpaired) electrons. The van der Waals surface area contributed by atoms with Gasteiger partial charge in [-0.05, 0) is 30.5 Å². The average molecular weight is 288 g/mol. The van der Waals surface area contributed by atoms with Crippen molar-refractivity contribution in [2.45, 2.75) is 24.7 Å². The number of hydrogen-bond acceptors (Lipinski definition) is 3. The van der Waals surface area contributed by atoms with Crippen molar-refractivity contribution < 1.29 is 19.5 Å². The number of hydrogen-bond donors (Lipinski definition) is 2. The number of nitrogens with zero attached hydrogens (tertiary/aromatic N) is 1. The predicted molar refractivity (Wildman–Crippen MR) is 75.0 cm³/mol. The van der Waals surface area contributed by atoms with E-state index in [0.717, 1.165) is 18.4 Å². The number of benzene rings is 1. The molecule has 0 aromatic heterocycles. The van der Waals surface area contributed by atoms with Gasteiger partial charge in [-0.3, -0.25) is 14.4 Å². The molecular weight excluding hydrogens is 272 g/mol. The van der Waals surface area contributed by atoms with Gasteiger partial charge in [0.2, 0.25) is 11.8 Å². The first-order valence-electron chi connectivity index (χ1n) is 6.90. The highest BCUT2D eigenvalue weighted by Crippen LogP contribution is 2.51. The monoisotopic (exact) mass is 288 g/mol. The van der Waals surface area contributed by atoms with Gasteiger partial charge in [0.1, 0.15) is 6.54 Å². The first-order chi connectivity index (χ1) is 10.00. The summed E-state index contributed by atoms with van der Waals surface area (Å²) in [5.74, 6) is -1.16. The summed E-state index contributed by atoms with van der Waals surface area (Å²) in [6.07, 6.45) is 1.79. The molecule has 1 aliphatic heterocycles. The summed E-state index contributed by atoms with van der Waals surface area (Å²) in [4.78, 5) is 35.8. The van der Waals surface area contributed by atoms with Crippen molar-refractivity contribution in [3.8, 4) is 0 Å². The Hall–Kier alpha value is -2.37. The maximum absolute atomic E-state index is 11.9. The van der Waals surface area contributed by atoms with Gasteiger partial charge < -0.3 is 15.3 Å². The topological polar surface area (TPSA) is 86.7 Å². The van der Waals surface area contributed by atoms with E-state index >= 15 is 0 Å². The van der Waals surface area contributed by atoms with Crippen LogP contribution in [0.5, 0.6) is 0 Å². The molecule has 0 atom stereocenters. The number of carboxylic acid groups (broad SMARTS) is 1. The maximum atomic E-state index is 11.9. The fourth-order valence-electron chi connectivity index (χ4n) is 2.80. The third-order valence-corrected chi connectivity index (χ3v) is 4.15. The van der Waals surface area contributed by atoms with Gasteiger partial charge in [-0.1, -0.05) is 12.1 Å². The summed E-state index contributed by atoms with van der Waals surface area (Å²) in [6, 6.07) is 7.32. The van der Waals surface area contributed by atoms with E-state index in [0.29, 0.717) is 5.69 Å². The Morgan fingerprint density at radius 1 is 1.33 bits per heavy atom. The highest BCUT2D eigenvalue weighted by molar-refractivity contribution is 6.04. The largest absolute Gasteiger partial charge is 0.481 e. The zero-order valence-corrected chi connectivity index (χ0v) is 11.5. The Morgan fingerprint density at radius 2 is 2.10 bits per heavy atom. The number of aliphatic carboxylic acids is 1. The molecule has 6 nitrogen and oxygen atoms in total. The van der Waals surface area contributed by atoms with Crippen LogP contribution in [0.3, 0.4) is 0 Å². The summed E-state index contributed by atoms with van der Waals surface area (Å²) >= 11 is 0. The van der Waals surface area contributed by atoms with Crippen molar-refractivity contribution >= 4 is 23.5 Å². The minimum Gasteiger partial charge on any atom is -0.481 e. The Labute approximate surface area is 121 Å². The minimum atomic E-state index is -0.814. The van der Waals surface area contributed by atoms with Crippen LogP contribution < -0.4 is 10.2 Å². The van der Waals surface area contributed by atoms with Crippen molar-refractivity contribution in [3.63, 3.8) is 0 Å². The highest BCUT2D eigenvalue weighted by Gasteiger charge is 2.46. The zero-order chi connectivity index (χ0) is 15.0. The predicted octanol–water partition coefficient (Wildman–Crippen LogP) is 0.656. The molecular formula is C15H16N2O4. The van der Waals surface area contributed by atoms with Gasteiger partial charge in [0.05, 0.1) is 13.0 Å². The quantitative estimate of drug-likeness (QED) is 0.852. The number of anilines is 1. The fourth-order valence-corrected chi connectivity index (χ4v) is 2.80. The molecule has 6 heteroatoms. The molecule has 1 saturated carbocycles. The van der Waals surface area contributed by atoms with Gasteiger partial charge >= 0.3 is 5.97 Å². The third-order valence-electron chi connectivity index (χ3n) is 4.15. The Balaban J connectivity index is 1.88. The summed E-state index contributed by atoms with van der Waals surface area (Å²) in [5.41, 5.74) is 1.29. The van der Waals surface area contributed by atoms with Gasteiger partial charge in [-0.2, -0.15) is 0 Å². The number of rotatable bonds is 4. The molecule has 1 aromatic rings. The molecule has 2 N–H and O–H groups in total. The van der Waals surface area contributed by atoms with Crippen LogP contribution in [-0.4, -0.2) is 36.0 Å². The molecule has 1 heterocycles. The maximum Gasteiger partial charge on any atom is 0.304 e. The molecule has 1 aliphatic carbocycles. The van der Waals surface area contributed by atoms with Crippen LogP contribution in [0.15, 0.2) is 24.3 Å². The fraction of sp³-hybridized carbons (Fsp3) is 0.400. The molecule has 0 unspecified atom stereocenters. The van der Waals surface area contributed by atoms with Crippen molar-refractivity contribution in [1.29, 1.82) is 0 Å². The van der Waals surface area contributed by atoms with E-state index in [-0.39, 0.29) is 36.7 Å². The van der Waals surface area contributed by atoms with Crippen LogP contribution in [0, 0.1) is 0 Å². The molecule has 2 aliphatic rings. The molecule has 1 saturated heterocycles. The first kappa shape index (κ1) is 13.6. The Bertz CT molecular complexity index is 622. The van der Waals surface area contributed by atoms with Crippen LogP contribution in [0.2, 0.25) is 0 Å². The Morgan fingerprint density at radius 3 is 2.76 bits per heavy atom. The molecule has 2 amide bonds. The van der Waals surface area contributed by atoms with Gasteiger partial charge in [-0.25, -0.2) is 0 Å². The van der Waals surface area contributed by atoms with E-state index in [4.69, 9.17) is 5.11 Å². The standard InChI is InChI=1S/C15H16N2O4/c18-12-9-17(13(19)8-16-12)11-3-1-2-10(6-11)15(4-5-15)7-14(20)21/h1-3,6H,4-5,7-9H2,(H,16,18)(H,20,21). The molecule has 0 bridgehead atoms. The molecule has 110 valence electrons. The van der Waals surface area contributed by atoms with E-state index in [1.165, 1.54) is 4.90 Å². The van der Waals surface area contributed by atoms with E-state index in [2.05, 4.69) is 5.32 Å². The second kappa shape index (κ2) is 4.87. The summed E-state index contributed by atoms with van der Waals surface area (Å²) < 4.78 is 0. The lowest BCUT2D eigenvalue weighted by atomic mass is 9.92. The van der Waals surface area contributed by atoms with Gasteiger partial charge in [0.15, 0.2) is 0 Å². The van der Waals surface area contributed by atoms with Crippen LogP contribution in [0.4, 0.5) is 5.69 Å². The summed E-state index contributed by atoms with van der Waals surface area (Å²) in [7, 11) is 0. The number of amides is 2. The van der Waals surface area contributed by atoms with Crippen LogP contribution >= 0.6 is 0 Å².